The second kappa shape index (κ2) is 6.00. The molecule has 3 aliphatic carbocycles. The zero-order chi connectivity index (χ0) is 17.8. The maximum atomic E-state index is 11.0. The predicted octanol–water partition coefficient (Wildman–Crippen LogP) is 3.02. The van der Waals surface area contributed by atoms with Crippen LogP contribution < -0.4 is 4.74 Å². The highest BCUT2D eigenvalue weighted by Crippen LogP contribution is 2.60. The molecule has 0 heterocycles. The van der Waals surface area contributed by atoms with Crippen molar-refractivity contribution in [3.05, 3.63) is 29.3 Å². The minimum absolute atomic E-state index is 0.0349. The van der Waals surface area contributed by atoms with Crippen molar-refractivity contribution in [2.45, 2.75) is 56.7 Å². The molecular weight excluding hydrogens is 314 g/mol. The van der Waals surface area contributed by atoms with Gasteiger partial charge < -0.3 is 14.9 Å². The molecule has 1 aromatic rings. The molecule has 4 rings (SSSR count). The van der Waals surface area contributed by atoms with Crippen molar-refractivity contribution >= 4 is 0 Å². The smallest absolute Gasteiger partial charge is 0.119 e. The van der Waals surface area contributed by atoms with E-state index in [0.29, 0.717) is 30.1 Å². The molecule has 0 spiro atoms. The highest BCUT2D eigenvalue weighted by atomic mass is 16.5. The SMILES string of the molecule is COc1ccc2c(c1)CCC1C3CC(O)C(O)(CC#N)C3CC(C)C21. The highest BCUT2D eigenvalue weighted by Gasteiger charge is 2.59. The van der Waals surface area contributed by atoms with Crippen LogP contribution in [0.3, 0.4) is 0 Å². The summed E-state index contributed by atoms with van der Waals surface area (Å²) < 4.78 is 5.38. The van der Waals surface area contributed by atoms with E-state index in [-0.39, 0.29) is 12.3 Å². The van der Waals surface area contributed by atoms with Crippen molar-refractivity contribution in [2.24, 2.45) is 23.7 Å². The number of aliphatic hydroxyl groups excluding tert-OH is 1. The molecule has 2 N–H and O–H groups in total. The zero-order valence-corrected chi connectivity index (χ0v) is 15.0. The summed E-state index contributed by atoms with van der Waals surface area (Å²) in [6.45, 7) is 2.27. The summed E-state index contributed by atoms with van der Waals surface area (Å²) in [6.07, 6.45) is 2.88. The van der Waals surface area contributed by atoms with E-state index < -0.39 is 11.7 Å². The Kier molecular flexibility index (Phi) is 4.05. The minimum atomic E-state index is -1.22. The number of aliphatic hydroxyl groups is 2. The van der Waals surface area contributed by atoms with Gasteiger partial charge in [0.25, 0.3) is 0 Å². The fraction of sp³-hybridized carbons (Fsp3) is 0.667. The molecule has 25 heavy (non-hydrogen) atoms. The van der Waals surface area contributed by atoms with Gasteiger partial charge in [-0.25, -0.2) is 0 Å². The Labute approximate surface area is 149 Å². The zero-order valence-electron chi connectivity index (χ0n) is 15.0. The number of nitrogens with zero attached hydrogens (tertiary/aromatic N) is 1. The van der Waals surface area contributed by atoms with E-state index in [2.05, 4.69) is 31.2 Å². The fourth-order valence-corrected chi connectivity index (χ4v) is 6.21. The molecule has 0 saturated heterocycles. The molecule has 0 aliphatic heterocycles. The van der Waals surface area contributed by atoms with Crippen molar-refractivity contribution in [1.82, 2.24) is 0 Å². The number of fused-ring (bicyclic) bond motifs is 5. The van der Waals surface area contributed by atoms with E-state index in [1.807, 2.05) is 0 Å². The van der Waals surface area contributed by atoms with E-state index >= 15 is 0 Å². The molecular formula is C21H27NO3. The first-order valence-electron chi connectivity index (χ1n) is 9.43. The standard InChI is InChI=1S/C21H27NO3/c1-12-9-18-17(11-19(23)21(18,24)7-8-22)16-5-3-13-10-14(25-2)4-6-15(13)20(12)16/h4,6,10,12,16-20,23-24H,3,5,7,9,11H2,1-2H3. The average Bonchev–Trinajstić information content (AvgIpc) is 2.85. The second-order valence-corrected chi connectivity index (χ2v) is 8.35. The van der Waals surface area contributed by atoms with Crippen LogP contribution in [0.5, 0.6) is 5.75 Å². The Balaban J connectivity index is 1.69. The molecule has 0 bridgehead atoms. The highest BCUT2D eigenvalue weighted by molar-refractivity contribution is 5.41. The molecule has 1 aromatic carbocycles. The van der Waals surface area contributed by atoms with E-state index in [1.165, 1.54) is 11.1 Å². The van der Waals surface area contributed by atoms with Crippen molar-refractivity contribution in [2.75, 3.05) is 7.11 Å². The van der Waals surface area contributed by atoms with Gasteiger partial charge in [0, 0.05) is 0 Å². The Morgan fingerprint density at radius 1 is 1.32 bits per heavy atom. The van der Waals surface area contributed by atoms with E-state index in [1.54, 1.807) is 7.11 Å². The van der Waals surface area contributed by atoms with Gasteiger partial charge >= 0.3 is 0 Å². The van der Waals surface area contributed by atoms with E-state index in [4.69, 9.17) is 10.00 Å². The largest absolute Gasteiger partial charge is 0.497 e. The summed E-state index contributed by atoms with van der Waals surface area (Å²) in [5.74, 6) is 2.67. The van der Waals surface area contributed by atoms with Gasteiger partial charge in [-0.05, 0) is 78.5 Å². The van der Waals surface area contributed by atoms with Crippen LogP contribution >= 0.6 is 0 Å². The molecule has 7 unspecified atom stereocenters. The lowest BCUT2D eigenvalue weighted by Crippen LogP contribution is -2.48. The Hall–Kier alpha value is -1.57. The van der Waals surface area contributed by atoms with E-state index in [0.717, 1.165) is 25.0 Å². The summed E-state index contributed by atoms with van der Waals surface area (Å²) in [6, 6.07) is 8.54. The number of ether oxygens (including phenoxy) is 1. The number of rotatable bonds is 2. The van der Waals surface area contributed by atoms with Gasteiger partial charge in [-0.3, -0.25) is 0 Å². The molecule has 0 amide bonds. The summed E-state index contributed by atoms with van der Waals surface area (Å²) in [5.41, 5.74) is 1.59. The molecule has 2 saturated carbocycles. The molecule has 7 atom stereocenters. The van der Waals surface area contributed by atoms with Crippen LogP contribution in [0, 0.1) is 35.0 Å². The Bertz CT molecular complexity index is 712. The van der Waals surface area contributed by atoms with Crippen molar-refractivity contribution in [1.29, 1.82) is 5.26 Å². The van der Waals surface area contributed by atoms with Crippen LogP contribution in [0.4, 0.5) is 0 Å². The van der Waals surface area contributed by atoms with Gasteiger partial charge in [-0.1, -0.05) is 13.0 Å². The van der Waals surface area contributed by atoms with Crippen LogP contribution in [0.15, 0.2) is 18.2 Å². The summed E-state index contributed by atoms with van der Waals surface area (Å²) in [7, 11) is 1.71. The lowest BCUT2D eigenvalue weighted by molar-refractivity contribution is -0.0952. The maximum Gasteiger partial charge on any atom is 0.119 e. The van der Waals surface area contributed by atoms with Gasteiger partial charge in [-0.15, -0.1) is 0 Å². The maximum absolute atomic E-state index is 11.0. The normalized spacial score (nSPS) is 42.0. The number of hydrogen-bond donors (Lipinski definition) is 2. The van der Waals surface area contributed by atoms with Crippen molar-refractivity contribution in [3.63, 3.8) is 0 Å². The van der Waals surface area contributed by atoms with Crippen LogP contribution in [-0.4, -0.2) is 29.0 Å². The third-order valence-electron chi connectivity index (χ3n) is 7.30. The lowest BCUT2D eigenvalue weighted by Gasteiger charge is -2.49. The summed E-state index contributed by atoms with van der Waals surface area (Å²) >= 11 is 0. The monoisotopic (exact) mass is 341 g/mol. The molecule has 0 radical (unpaired) electrons. The summed E-state index contributed by atoms with van der Waals surface area (Å²) in [4.78, 5) is 0. The topological polar surface area (TPSA) is 73.5 Å². The van der Waals surface area contributed by atoms with Crippen molar-refractivity contribution < 1.29 is 14.9 Å². The van der Waals surface area contributed by atoms with Crippen LogP contribution in [0.1, 0.15) is 49.7 Å². The number of nitriles is 1. The Morgan fingerprint density at radius 3 is 2.84 bits per heavy atom. The summed E-state index contributed by atoms with van der Waals surface area (Å²) in [5, 5.41) is 30.7. The second-order valence-electron chi connectivity index (χ2n) is 8.35. The molecule has 0 aromatic heterocycles. The molecule has 2 fully saturated rings. The predicted molar refractivity (Wildman–Crippen MR) is 94.1 cm³/mol. The van der Waals surface area contributed by atoms with Crippen LogP contribution in [0.25, 0.3) is 0 Å². The number of benzene rings is 1. The van der Waals surface area contributed by atoms with Gasteiger partial charge in [0.15, 0.2) is 0 Å². The quantitative estimate of drug-likeness (QED) is 0.867. The third kappa shape index (κ3) is 2.40. The molecule has 134 valence electrons. The van der Waals surface area contributed by atoms with Gasteiger partial charge in [0.1, 0.15) is 11.4 Å². The minimum Gasteiger partial charge on any atom is -0.497 e. The first-order valence-corrected chi connectivity index (χ1v) is 9.43. The van der Waals surface area contributed by atoms with Crippen LogP contribution in [-0.2, 0) is 6.42 Å². The molecule has 4 nitrogen and oxygen atoms in total. The Morgan fingerprint density at radius 2 is 2.12 bits per heavy atom. The van der Waals surface area contributed by atoms with Gasteiger partial charge in [0.05, 0.1) is 25.7 Å². The first-order chi connectivity index (χ1) is 12.0. The van der Waals surface area contributed by atoms with E-state index in [9.17, 15) is 10.2 Å². The fourth-order valence-electron chi connectivity index (χ4n) is 6.21. The molecule has 3 aliphatic rings. The molecule has 4 heteroatoms. The van der Waals surface area contributed by atoms with Gasteiger partial charge in [0.2, 0.25) is 0 Å². The van der Waals surface area contributed by atoms with Crippen LogP contribution in [0.2, 0.25) is 0 Å². The lowest BCUT2D eigenvalue weighted by atomic mass is 9.56. The number of aryl methyl sites for hydroxylation is 1. The average molecular weight is 341 g/mol. The number of methoxy groups -OCH3 is 1. The van der Waals surface area contributed by atoms with Crippen molar-refractivity contribution in [3.8, 4) is 11.8 Å². The third-order valence-corrected chi connectivity index (χ3v) is 7.30. The number of hydrogen-bond acceptors (Lipinski definition) is 4. The van der Waals surface area contributed by atoms with Gasteiger partial charge in [-0.2, -0.15) is 5.26 Å². The first kappa shape index (κ1) is 16.9.